The summed E-state index contributed by atoms with van der Waals surface area (Å²) in [6.07, 6.45) is 0.483. The highest BCUT2D eigenvalue weighted by Crippen LogP contribution is 2.09. The van der Waals surface area contributed by atoms with Gasteiger partial charge in [-0.15, -0.1) is 0 Å². The maximum atomic E-state index is 11.2. The van der Waals surface area contributed by atoms with Crippen LogP contribution in [0.25, 0.3) is 0 Å². The van der Waals surface area contributed by atoms with Crippen LogP contribution in [0.2, 0.25) is 0 Å². The number of para-hydroxylation sites is 1. The zero-order valence-electron chi connectivity index (χ0n) is 8.32. The number of ether oxygens (including phenoxy) is 1. The summed E-state index contributed by atoms with van der Waals surface area (Å²) in [6.45, 7) is 5.76. The third-order valence-electron chi connectivity index (χ3n) is 1.87. The molecule has 0 spiro atoms. The lowest BCUT2D eigenvalue weighted by atomic mass is 10.2. The second-order valence-corrected chi connectivity index (χ2v) is 2.98. The SMILES string of the molecule is C=C(COc1ccccc1)C(=O)CC. The van der Waals surface area contributed by atoms with E-state index in [0.717, 1.165) is 5.75 Å². The van der Waals surface area contributed by atoms with Crippen LogP contribution in [-0.2, 0) is 4.79 Å². The normalized spacial score (nSPS) is 9.50. The van der Waals surface area contributed by atoms with E-state index in [0.29, 0.717) is 12.0 Å². The van der Waals surface area contributed by atoms with Crippen LogP contribution in [-0.4, -0.2) is 12.4 Å². The average Bonchev–Trinajstić information content (AvgIpc) is 2.26. The summed E-state index contributed by atoms with van der Waals surface area (Å²) in [4.78, 5) is 11.2. The Balaban J connectivity index is 2.42. The van der Waals surface area contributed by atoms with Crippen molar-refractivity contribution in [2.45, 2.75) is 13.3 Å². The summed E-state index contributed by atoms with van der Waals surface area (Å²) >= 11 is 0. The maximum Gasteiger partial charge on any atom is 0.161 e. The maximum absolute atomic E-state index is 11.2. The van der Waals surface area contributed by atoms with Crippen molar-refractivity contribution in [3.8, 4) is 5.75 Å². The Kier molecular flexibility index (Phi) is 3.92. The van der Waals surface area contributed by atoms with Crippen molar-refractivity contribution in [1.29, 1.82) is 0 Å². The molecule has 0 heterocycles. The van der Waals surface area contributed by atoms with Gasteiger partial charge >= 0.3 is 0 Å². The van der Waals surface area contributed by atoms with E-state index in [1.165, 1.54) is 0 Å². The highest BCUT2D eigenvalue weighted by Gasteiger charge is 2.04. The van der Waals surface area contributed by atoms with Gasteiger partial charge in [0.15, 0.2) is 5.78 Å². The summed E-state index contributed by atoms with van der Waals surface area (Å²) in [5, 5.41) is 0. The predicted octanol–water partition coefficient (Wildman–Crippen LogP) is 2.60. The summed E-state index contributed by atoms with van der Waals surface area (Å²) in [5.41, 5.74) is 0.524. The van der Waals surface area contributed by atoms with Crippen molar-refractivity contribution >= 4 is 5.78 Å². The molecule has 1 aromatic rings. The number of Topliss-reactive ketones (excluding diaryl/α,β-unsaturated/α-hetero) is 1. The zero-order valence-corrected chi connectivity index (χ0v) is 8.32. The minimum absolute atomic E-state index is 0.0564. The van der Waals surface area contributed by atoms with Crippen LogP contribution in [0.15, 0.2) is 42.5 Å². The van der Waals surface area contributed by atoms with Gasteiger partial charge in [-0.25, -0.2) is 0 Å². The topological polar surface area (TPSA) is 26.3 Å². The Labute approximate surface area is 84.2 Å². The lowest BCUT2D eigenvalue weighted by Crippen LogP contribution is -2.08. The standard InChI is InChI=1S/C12H14O2/c1-3-12(13)10(2)9-14-11-7-5-4-6-8-11/h4-8H,2-3,9H2,1H3. The Morgan fingerprint density at radius 2 is 2.00 bits per heavy atom. The molecule has 0 saturated carbocycles. The van der Waals surface area contributed by atoms with Gasteiger partial charge in [0.1, 0.15) is 12.4 Å². The Morgan fingerprint density at radius 1 is 1.36 bits per heavy atom. The van der Waals surface area contributed by atoms with E-state index in [-0.39, 0.29) is 12.4 Å². The molecule has 0 bridgehead atoms. The molecule has 2 heteroatoms. The lowest BCUT2D eigenvalue weighted by Gasteiger charge is -2.06. The molecule has 1 rings (SSSR count). The highest BCUT2D eigenvalue weighted by molar-refractivity contribution is 5.94. The molecule has 0 fully saturated rings. The molecule has 2 nitrogen and oxygen atoms in total. The van der Waals surface area contributed by atoms with Gasteiger partial charge in [-0.3, -0.25) is 4.79 Å². The van der Waals surface area contributed by atoms with Crippen LogP contribution < -0.4 is 4.74 Å². The van der Waals surface area contributed by atoms with Crippen molar-refractivity contribution in [3.05, 3.63) is 42.5 Å². The van der Waals surface area contributed by atoms with Gasteiger partial charge in [-0.2, -0.15) is 0 Å². The fourth-order valence-electron chi connectivity index (χ4n) is 1.02. The number of carbonyl (C=O) groups is 1. The average molecular weight is 190 g/mol. The molecule has 0 aliphatic rings. The van der Waals surface area contributed by atoms with Gasteiger partial charge in [-0.1, -0.05) is 31.7 Å². The summed E-state index contributed by atoms with van der Waals surface area (Å²) in [6, 6.07) is 9.39. The zero-order chi connectivity index (χ0) is 10.4. The molecule has 0 aromatic heterocycles. The lowest BCUT2D eigenvalue weighted by molar-refractivity contribution is -0.115. The van der Waals surface area contributed by atoms with Gasteiger partial charge in [0.05, 0.1) is 0 Å². The minimum atomic E-state index is 0.0564. The predicted molar refractivity (Wildman–Crippen MR) is 56.4 cm³/mol. The van der Waals surface area contributed by atoms with E-state index in [9.17, 15) is 4.79 Å². The van der Waals surface area contributed by atoms with E-state index in [1.54, 1.807) is 0 Å². The molecule has 0 aliphatic heterocycles. The van der Waals surface area contributed by atoms with Crippen molar-refractivity contribution in [1.82, 2.24) is 0 Å². The first-order valence-corrected chi connectivity index (χ1v) is 4.63. The third-order valence-corrected chi connectivity index (χ3v) is 1.87. The van der Waals surface area contributed by atoms with Crippen LogP contribution in [0, 0.1) is 0 Å². The number of rotatable bonds is 5. The number of carbonyl (C=O) groups excluding carboxylic acids is 1. The first kappa shape index (κ1) is 10.5. The van der Waals surface area contributed by atoms with Crippen LogP contribution in [0.3, 0.4) is 0 Å². The summed E-state index contributed by atoms with van der Waals surface area (Å²) in [5.74, 6) is 0.818. The molecule has 1 aromatic carbocycles. The largest absolute Gasteiger partial charge is 0.489 e. The second kappa shape index (κ2) is 5.22. The Morgan fingerprint density at radius 3 is 2.57 bits per heavy atom. The quantitative estimate of drug-likeness (QED) is 0.667. The van der Waals surface area contributed by atoms with Gasteiger partial charge < -0.3 is 4.74 Å². The molecule has 74 valence electrons. The van der Waals surface area contributed by atoms with Gasteiger partial charge in [0.2, 0.25) is 0 Å². The summed E-state index contributed by atoms with van der Waals surface area (Å²) in [7, 11) is 0. The minimum Gasteiger partial charge on any atom is -0.489 e. The number of hydrogen-bond donors (Lipinski definition) is 0. The number of ketones is 1. The van der Waals surface area contributed by atoms with E-state index in [1.807, 2.05) is 37.3 Å². The Bertz CT molecular complexity index is 314. The highest BCUT2D eigenvalue weighted by atomic mass is 16.5. The second-order valence-electron chi connectivity index (χ2n) is 2.98. The van der Waals surface area contributed by atoms with Gasteiger partial charge in [0, 0.05) is 12.0 Å². The fraction of sp³-hybridized carbons (Fsp3) is 0.250. The number of benzene rings is 1. The molecular formula is C12H14O2. The van der Waals surface area contributed by atoms with Crippen molar-refractivity contribution in [3.63, 3.8) is 0 Å². The van der Waals surface area contributed by atoms with Crippen molar-refractivity contribution in [2.75, 3.05) is 6.61 Å². The van der Waals surface area contributed by atoms with Gasteiger partial charge in [-0.05, 0) is 12.1 Å². The van der Waals surface area contributed by atoms with E-state index < -0.39 is 0 Å². The van der Waals surface area contributed by atoms with Crippen molar-refractivity contribution in [2.24, 2.45) is 0 Å². The smallest absolute Gasteiger partial charge is 0.161 e. The monoisotopic (exact) mass is 190 g/mol. The molecule has 0 saturated heterocycles. The molecule has 0 aliphatic carbocycles. The van der Waals surface area contributed by atoms with Crippen molar-refractivity contribution < 1.29 is 9.53 Å². The molecule has 0 amide bonds. The van der Waals surface area contributed by atoms with Crippen LogP contribution >= 0.6 is 0 Å². The van der Waals surface area contributed by atoms with E-state index in [2.05, 4.69) is 6.58 Å². The molecule has 0 radical (unpaired) electrons. The summed E-state index contributed by atoms with van der Waals surface area (Å²) < 4.78 is 5.37. The first-order valence-electron chi connectivity index (χ1n) is 4.63. The molecular weight excluding hydrogens is 176 g/mol. The molecule has 0 unspecified atom stereocenters. The number of hydrogen-bond acceptors (Lipinski definition) is 2. The van der Waals surface area contributed by atoms with E-state index >= 15 is 0 Å². The van der Waals surface area contributed by atoms with Crippen LogP contribution in [0.1, 0.15) is 13.3 Å². The molecule has 0 atom stereocenters. The van der Waals surface area contributed by atoms with E-state index in [4.69, 9.17) is 4.74 Å². The van der Waals surface area contributed by atoms with Crippen LogP contribution in [0.4, 0.5) is 0 Å². The fourth-order valence-corrected chi connectivity index (χ4v) is 1.02. The third kappa shape index (κ3) is 3.05. The molecule has 14 heavy (non-hydrogen) atoms. The van der Waals surface area contributed by atoms with Crippen LogP contribution in [0.5, 0.6) is 5.75 Å². The van der Waals surface area contributed by atoms with Gasteiger partial charge in [0.25, 0.3) is 0 Å². The first-order chi connectivity index (χ1) is 6.74. The molecule has 0 N–H and O–H groups in total. The Hall–Kier alpha value is -1.57.